The number of primary amides is 1. The SMILES string of the molecule is NC(=O)CCc1ccc(Br)s1. The molecule has 2 nitrogen and oxygen atoms in total. The van der Waals surface area contributed by atoms with Gasteiger partial charge in [-0.2, -0.15) is 0 Å². The standard InChI is InChI=1S/C7H8BrNOS/c8-6-3-1-5(11-6)2-4-7(9)10/h1,3H,2,4H2,(H2,9,10). The van der Waals surface area contributed by atoms with Gasteiger partial charge >= 0.3 is 0 Å². The second kappa shape index (κ2) is 3.88. The summed E-state index contributed by atoms with van der Waals surface area (Å²) in [4.78, 5) is 11.6. The lowest BCUT2D eigenvalue weighted by Crippen LogP contribution is -2.10. The van der Waals surface area contributed by atoms with Crippen molar-refractivity contribution in [3.63, 3.8) is 0 Å². The maximum Gasteiger partial charge on any atom is 0.217 e. The van der Waals surface area contributed by atoms with Crippen LogP contribution in [0, 0.1) is 0 Å². The first kappa shape index (κ1) is 8.74. The van der Waals surface area contributed by atoms with Crippen LogP contribution in [-0.4, -0.2) is 5.91 Å². The Morgan fingerprint density at radius 2 is 2.36 bits per heavy atom. The fraction of sp³-hybridized carbons (Fsp3) is 0.286. The number of thiophene rings is 1. The quantitative estimate of drug-likeness (QED) is 0.853. The van der Waals surface area contributed by atoms with E-state index in [1.807, 2.05) is 12.1 Å². The highest BCUT2D eigenvalue weighted by molar-refractivity contribution is 9.11. The van der Waals surface area contributed by atoms with Gasteiger partial charge in [-0.3, -0.25) is 4.79 Å². The second-order valence-electron chi connectivity index (χ2n) is 2.17. The first-order valence-electron chi connectivity index (χ1n) is 3.21. The molecule has 0 aromatic carbocycles. The third-order valence-electron chi connectivity index (χ3n) is 1.25. The lowest BCUT2D eigenvalue weighted by atomic mass is 10.2. The van der Waals surface area contributed by atoms with Crippen molar-refractivity contribution in [2.45, 2.75) is 12.8 Å². The minimum absolute atomic E-state index is 0.241. The predicted molar refractivity (Wildman–Crippen MR) is 49.5 cm³/mol. The highest BCUT2D eigenvalue weighted by Crippen LogP contribution is 2.22. The molecule has 1 amide bonds. The predicted octanol–water partition coefficient (Wildman–Crippen LogP) is 1.93. The van der Waals surface area contributed by atoms with Crippen LogP contribution < -0.4 is 5.73 Å². The molecule has 0 fully saturated rings. The summed E-state index contributed by atoms with van der Waals surface area (Å²) in [6, 6.07) is 3.97. The zero-order valence-corrected chi connectivity index (χ0v) is 8.24. The van der Waals surface area contributed by atoms with Crippen molar-refractivity contribution in [1.29, 1.82) is 0 Å². The Bertz CT molecular complexity index is 259. The van der Waals surface area contributed by atoms with Crippen molar-refractivity contribution >= 4 is 33.2 Å². The fourth-order valence-electron chi connectivity index (χ4n) is 0.733. The molecule has 0 saturated carbocycles. The molecule has 2 N–H and O–H groups in total. The van der Waals surface area contributed by atoms with Gasteiger partial charge in [-0.25, -0.2) is 0 Å². The highest BCUT2D eigenvalue weighted by Gasteiger charge is 1.99. The van der Waals surface area contributed by atoms with Gasteiger partial charge in [-0.15, -0.1) is 11.3 Å². The van der Waals surface area contributed by atoms with Crippen LogP contribution in [0.25, 0.3) is 0 Å². The van der Waals surface area contributed by atoms with Crippen molar-refractivity contribution in [1.82, 2.24) is 0 Å². The van der Waals surface area contributed by atoms with Crippen LogP contribution in [0.15, 0.2) is 15.9 Å². The van der Waals surface area contributed by atoms with Crippen molar-refractivity contribution in [3.8, 4) is 0 Å². The molecule has 1 rings (SSSR count). The third kappa shape index (κ3) is 3.03. The molecule has 0 atom stereocenters. The van der Waals surface area contributed by atoms with E-state index in [9.17, 15) is 4.79 Å². The van der Waals surface area contributed by atoms with E-state index in [4.69, 9.17) is 5.73 Å². The number of hydrogen-bond donors (Lipinski definition) is 1. The number of carbonyl (C=O) groups excluding carboxylic acids is 1. The molecule has 1 aromatic heterocycles. The minimum atomic E-state index is -0.241. The summed E-state index contributed by atoms with van der Waals surface area (Å²) < 4.78 is 1.09. The van der Waals surface area contributed by atoms with Gasteiger partial charge in [0.15, 0.2) is 0 Å². The molecule has 0 saturated heterocycles. The van der Waals surface area contributed by atoms with Crippen LogP contribution in [0.1, 0.15) is 11.3 Å². The van der Waals surface area contributed by atoms with Crippen LogP contribution in [0.3, 0.4) is 0 Å². The molecule has 1 heterocycles. The highest BCUT2D eigenvalue weighted by atomic mass is 79.9. The summed E-state index contributed by atoms with van der Waals surface area (Å²) in [5.41, 5.74) is 5.00. The van der Waals surface area contributed by atoms with Crippen molar-refractivity contribution < 1.29 is 4.79 Å². The summed E-state index contributed by atoms with van der Waals surface area (Å²) >= 11 is 4.98. The van der Waals surface area contributed by atoms with Crippen LogP contribution >= 0.6 is 27.3 Å². The van der Waals surface area contributed by atoms with E-state index in [0.717, 1.165) is 10.2 Å². The molecule has 0 unspecified atom stereocenters. The van der Waals surface area contributed by atoms with Crippen molar-refractivity contribution in [2.75, 3.05) is 0 Å². The molecule has 60 valence electrons. The summed E-state index contributed by atoms with van der Waals surface area (Å²) in [7, 11) is 0. The first-order chi connectivity index (χ1) is 5.18. The zero-order chi connectivity index (χ0) is 8.27. The van der Waals surface area contributed by atoms with Gasteiger partial charge in [-0.1, -0.05) is 0 Å². The first-order valence-corrected chi connectivity index (χ1v) is 4.82. The van der Waals surface area contributed by atoms with Gasteiger partial charge in [0.2, 0.25) is 5.91 Å². The fourth-order valence-corrected chi connectivity index (χ4v) is 2.22. The Morgan fingerprint density at radius 3 is 2.82 bits per heavy atom. The normalized spacial score (nSPS) is 9.91. The zero-order valence-electron chi connectivity index (χ0n) is 5.84. The number of rotatable bonds is 3. The van der Waals surface area contributed by atoms with Crippen molar-refractivity contribution in [3.05, 3.63) is 20.8 Å². The second-order valence-corrected chi connectivity index (χ2v) is 4.72. The average molecular weight is 234 g/mol. The molecular formula is C7H8BrNOS. The third-order valence-corrected chi connectivity index (χ3v) is 2.93. The van der Waals surface area contributed by atoms with Crippen LogP contribution in [0.4, 0.5) is 0 Å². The number of nitrogens with two attached hydrogens (primary N) is 1. The van der Waals surface area contributed by atoms with Gasteiger partial charge in [0, 0.05) is 11.3 Å². The molecular weight excluding hydrogens is 226 g/mol. The lowest BCUT2D eigenvalue weighted by molar-refractivity contribution is -0.117. The van der Waals surface area contributed by atoms with Gasteiger partial charge in [0.25, 0.3) is 0 Å². The molecule has 0 aliphatic carbocycles. The van der Waals surface area contributed by atoms with Crippen LogP contribution in [-0.2, 0) is 11.2 Å². The minimum Gasteiger partial charge on any atom is -0.370 e. The summed E-state index contributed by atoms with van der Waals surface area (Å²) in [6.07, 6.45) is 1.19. The monoisotopic (exact) mass is 233 g/mol. The van der Waals surface area contributed by atoms with E-state index in [2.05, 4.69) is 15.9 Å². The summed E-state index contributed by atoms with van der Waals surface area (Å²) in [5.74, 6) is -0.241. The molecule has 4 heteroatoms. The van der Waals surface area contributed by atoms with E-state index in [0.29, 0.717) is 6.42 Å². The lowest BCUT2D eigenvalue weighted by Gasteiger charge is -1.90. The number of hydrogen-bond acceptors (Lipinski definition) is 2. The van der Waals surface area contributed by atoms with Gasteiger partial charge in [0.05, 0.1) is 3.79 Å². The summed E-state index contributed by atoms with van der Waals surface area (Å²) in [6.45, 7) is 0. The Morgan fingerprint density at radius 1 is 1.64 bits per heavy atom. The number of aryl methyl sites for hydroxylation is 1. The van der Waals surface area contributed by atoms with Crippen molar-refractivity contribution in [2.24, 2.45) is 5.73 Å². The van der Waals surface area contributed by atoms with E-state index < -0.39 is 0 Å². The van der Waals surface area contributed by atoms with E-state index in [1.54, 1.807) is 11.3 Å². The van der Waals surface area contributed by atoms with Gasteiger partial charge in [0.1, 0.15) is 0 Å². The topological polar surface area (TPSA) is 43.1 Å². The molecule has 11 heavy (non-hydrogen) atoms. The van der Waals surface area contributed by atoms with E-state index in [1.165, 1.54) is 4.88 Å². The Hall–Kier alpha value is -0.350. The number of halogens is 1. The molecule has 0 aliphatic rings. The Balaban J connectivity index is 2.45. The van der Waals surface area contributed by atoms with Gasteiger partial charge in [-0.05, 0) is 34.5 Å². The molecule has 0 aliphatic heterocycles. The smallest absolute Gasteiger partial charge is 0.217 e. The van der Waals surface area contributed by atoms with E-state index in [-0.39, 0.29) is 5.91 Å². The van der Waals surface area contributed by atoms with E-state index >= 15 is 0 Å². The van der Waals surface area contributed by atoms with Crippen LogP contribution in [0.5, 0.6) is 0 Å². The largest absolute Gasteiger partial charge is 0.370 e. The van der Waals surface area contributed by atoms with Gasteiger partial charge < -0.3 is 5.73 Å². The molecule has 0 spiro atoms. The maximum absolute atomic E-state index is 10.4. The Kier molecular flexibility index (Phi) is 3.08. The number of carbonyl (C=O) groups is 1. The number of amides is 1. The Labute approximate surface area is 77.5 Å². The average Bonchev–Trinajstić information content (AvgIpc) is 2.31. The molecule has 0 radical (unpaired) electrons. The molecule has 0 bridgehead atoms. The summed E-state index contributed by atoms with van der Waals surface area (Å²) in [5, 5.41) is 0. The molecule has 1 aromatic rings. The van der Waals surface area contributed by atoms with Crippen LogP contribution in [0.2, 0.25) is 0 Å². The maximum atomic E-state index is 10.4.